The molecule has 0 radical (unpaired) electrons. The summed E-state index contributed by atoms with van der Waals surface area (Å²) in [6, 6.07) is 23.3. The first-order chi connectivity index (χ1) is 17.5. The van der Waals surface area contributed by atoms with Crippen molar-refractivity contribution in [2.75, 3.05) is 33.9 Å². The van der Waals surface area contributed by atoms with E-state index in [0.717, 1.165) is 53.0 Å². The number of imidazole rings is 1. The summed E-state index contributed by atoms with van der Waals surface area (Å²) < 4.78 is 19.5. The molecular weight excluding hydrogens is 474 g/mol. The van der Waals surface area contributed by atoms with Crippen molar-refractivity contribution in [2.24, 2.45) is 0 Å². The van der Waals surface area contributed by atoms with Gasteiger partial charge in [-0.25, -0.2) is 4.98 Å². The number of hydrogen-bond donors (Lipinski definition) is 0. The Labute approximate surface area is 218 Å². The van der Waals surface area contributed by atoms with Gasteiger partial charge in [0.15, 0.2) is 0 Å². The Morgan fingerprint density at radius 1 is 0.861 bits per heavy atom. The molecule has 6 nitrogen and oxygen atoms in total. The molecule has 0 saturated heterocycles. The van der Waals surface area contributed by atoms with Gasteiger partial charge in [0, 0.05) is 35.6 Å². The minimum atomic E-state index is 0.423. The lowest BCUT2D eigenvalue weighted by Crippen LogP contribution is -2.15. The fourth-order valence-corrected chi connectivity index (χ4v) is 3.81. The first-order valence-corrected chi connectivity index (χ1v) is 12.5. The molecule has 0 amide bonds. The molecule has 1 heterocycles. The van der Waals surface area contributed by atoms with E-state index >= 15 is 0 Å². The van der Waals surface area contributed by atoms with Crippen molar-refractivity contribution < 1.29 is 14.2 Å². The predicted octanol–water partition coefficient (Wildman–Crippen LogP) is 6.85. The Morgan fingerprint density at radius 3 is 2.14 bits per heavy atom. The highest BCUT2D eigenvalue weighted by Gasteiger charge is 2.12. The molecule has 0 fully saturated rings. The summed E-state index contributed by atoms with van der Waals surface area (Å²) in [5.41, 5.74) is 2.88. The highest BCUT2D eigenvalue weighted by atomic mass is 35.5. The SMILES string of the molecule is CCOCc1nc(-c2ccc(OCCCN(C)C)cc2)cn1-c1ccc(Oc2ccc(Cl)cc2)cc1. The van der Waals surface area contributed by atoms with Gasteiger partial charge in [-0.2, -0.15) is 0 Å². The van der Waals surface area contributed by atoms with Crippen molar-refractivity contribution in [3.8, 4) is 34.2 Å². The van der Waals surface area contributed by atoms with Gasteiger partial charge in [0.1, 0.15) is 29.7 Å². The first kappa shape index (κ1) is 25.8. The maximum atomic E-state index is 5.96. The molecule has 0 saturated carbocycles. The molecule has 0 bridgehead atoms. The van der Waals surface area contributed by atoms with E-state index < -0.39 is 0 Å². The second-order valence-corrected chi connectivity index (χ2v) is 9.07. The van der Waals surface area contributed by atoms with E-state index in [1.165, 1.54) is 0 Å². The number of aromatic nitrogens is 2. The third-order valence-electron chi connectivity index (χ3n) is 5.55. The van der Waals surface area contributed by atoms with E-state index in [0.29, 0.717) is 24.8 Å². The van der Waals surface area contributed by atoms with Crippen molar-refractivity contribution in [1.29, 1.82) is 0 Å². The smallest absolute Gasteiger partial charge is 0.140 e. The van der Waals surface area contributed by atoms with Gasteiger partial charge >= 0.3 is 0 Å². The maximum absolute atomic E-state index is 5.96. The van der Waals surface area contributed by atoms with E-state index in [-0.39, 0.29) is 0 Å². The molecule has 0 atom stereocenters. The van der Waals surface area contributed by atoms with Crippen molar-refractivity contribution in [3.63, 3.8) is 0 Å². The lowest BCUT2D eigenvalue weighted by Gasteiger charge is -2.10. The van der Waals surface area contributed by atoms with Gasteiger partial charge in [0.25, 0.3) is 0 Å². The molecule has 4 rings (SSSR count). The summed E-state index contributed by atoms with van der Waals surface area (Å²) in [5, 5.41) is 0.678. The number of halogens is 1. The molecule has 0 spiro atoms. The zero-order chi connectivity index (χ0) is 25.3. The fraction of sp³-hybridized carbons (Fsp3) is 0.276. The zero-order valence-electron chi connectivity index (χ0n) is 21.0. The Balaban J connectivity index is 1.49. The highest BCUT2D eigenvalue weighted by molar-refractivity contribution is 6.30. The lowest BCUT2D eigenvalue weighted by molar-refractivity contribution is 0.127. The molecule has 36 heavy (non-hydrogen) atoms. The van der Waals surface area contributed by atoms with Gasteiger partial charge < -0.3 is 23.7 Å². The summed E-state index contributed by atoms with van der Waals surface area (Å²) in [7, 11) is 4.13. The van der Waals surface area contributed by atoms with Crippen molar-refractivity contribution in [2.45, 2.75) is 20.0 Å². The van der Waals surface area contributed by atoms with Crippen LogP contribution >= 0.6 is 11.6 Å². The normalized spacial score (nSPS) is 11.1. The molecule has 4 aromatic rings. The number of hydrogen-bond acceptors (Lipinski definition) is 5. The summed E-state index contributed by atoms with van der Waals surface area (Å²) >= 11 is 5.96. The maximum Gasteiger partial charge on any atom is 0.140 e. The van der Waals surface area contributed by atoms with Crippen LogP contribution in [0.25, 0.3) is 16.9 Å². The molecule has 0 N–H and O–H groups in total. The van der Waals surface area contributed by atoms with E-state index in [1.54, 1.807) is 0 Å². The van der Waals surface area contributed by atoms with Gasteiger partial charge in [-0.3, -0.25) is 0 Å². The van der Waals surface area contributed by atoms with Crippen molar-refractivity contribution >= 4 is 11.6 Å². The Hall–Kier alpha value is -3.32. The molecule has 0 aliphatic carbocycles. The minimum absolute atomic E-state index is 0.423. The third kappa shape index (κ3) is 7.10. The minimum Gasteiger partial charge on any atom is -0.494 e. The molecule has 188 valence electrons. The average molecular weight is 506 g/mol. The Morgan fingerprint density at radius 2 is 1.50 bits per heavy atom. The number of rotatable bonds is 12. The molecule has 0 aliphatic heterocycles. The van der Waals surface area contributed by atoms with Crippen molar-refractivity contribution in [3.05, 3.63) is 89.8 Å². The number of benzene rings is 3. The van der Waals surface area contributed by atoms with E-state index in [1.807, 2.05) is 85.9 Å². The van der Waals surface area contributed by atoms with Crippen LogP contribution in [0.15, 0.2) is 79.0 Å². The molecular formula is C29H32ClN3O3. The van der Waals surface area contributed by atoms with E-state index in [2.05, 4.69) is 23.6 Å². The molecule has 1 aromatic heterocycles. The van der Waals surface area contributed by atoms with Crippen LogP contribution < -0.4 is 9.47 Å². The Kier molecular flexibility index (Phi) is 9.01. The van der Waals surface area contributed by atoms with Crippen LogP contribution in [0.4, 0.5) is 0 Å². The first-order valence-electron chi connectivity index (χ1n) is 12.1. The lowest BCUT2D eigenvalue weighted by atomic mass is 10.1. The third-order valence-corrected chi connectivity index (χ3v) is 5.80. The molecule has 0 unspecified atom stereocenters. The monoisotopic (exact) mass is 505 g/mol. The summed E-state index contributed by atoms with van der Waals surface area (Å²) in [4.78, 5) is 7.02. The van der Waals surface area contributed by atoms with Crippen LogP contribution in [0.5, 0.6) is 17.2 Å². The zero-order valence-corrected chi connectivity index (χ0v) is 21.7. The number of nitrogens with zero attached hydrogens (tertiary/aromatic N) is 3. The Bertz CT molecular complexity index is 1220. The van der Waals surface area contributed by atoms with Gasteiger partial charge in [-0.05, 0) is 100 Å². The van der Waals surface area contributed by atoms with Crippen LogP contribution in [0, 0.1) is 0 Å². The summed E-state index contributed by atoms with van der Waals surface area (Å²) in [5.74, 6) is 3.18. The van der Waals surface area contributed by atoms with Gasteiger partial charge in [0.05, 0.1) is 12.3 Å². The second-order valence-electron chi connectivity index (χ2n) is 8.63. The number of ether oxygens (including phenoxy) is 3. The van der Waals surface area contributed by atoms with Crippen LogP contribution in [-0.2, 0) is 11.3 Å². The van der Waals surface area contributed by atoms with Crippen LogP contribution in [-0.4, -0.2) is 48.3 Å². The van der Waals surface area contributed by atoms with Crippen LogP contribution in [0.3, 0.4) is 0 Å². The predicted molar refractivity (Wildman–Crippen MR) is 145 cm³/mol. The van der Waals surface area contributed by atoms with Crippen LogP contribution in [0.2, 0.25) is 5.02 Å². The second kappa shape index (κ2) is 12.6. The van der Waals surface area contributed by atoms with Gasteiger partial charge in [0.2, 0.25) is 0 Å². The summed E-state index contributed by atoms with van der Waals surface area (Å²) in [6.45, 7) is 4.73. The quantitative estimate of drug-likeness (QED) is 0.197. The van der Waals surface area contributed by atoms with Crippen molar-refractivity contribution in [1.82, 2.24) is 14.5 Å². The largest absolute Gasteiger partial charge is 0.494 e. The molecule has 3 aromatic carbocycles. The van der Waals surface area contributed by atoms with Gasteiger partial charge in [-0.15, -0.1) is 0 Å². The molecule has 7 heteroatoms. The highest BCUT2D eigenvalue weighted by Crippen LogP contribution is 2.27. The average Bonchev–Trinajstić information content (AvgIpc) is 3.31. The molecule has 0 aliphatic rings. The van der Waals surface area contributed by atoms with E-state index in [4.69, 9.17) is 30.8 Å². The topological polar surface area (TPSA) is 48.8 Å². The summed E-state index contributed by atoms with van der Waals surface area (Å²) in [6.07, 6.45) is 3.03. The van der Waals surface area contributed by atoms with E-state index in [9.17, 15) is 0 Å². The fourth-order valence-electron chi connectivity index (χ4n) is 3.68. The van der Waals surface area contributed by atoms with Gasteiger partial charge in [-0.1, -0.05) is 11.6 Å². The standard InChI is InChI=1S/C29H32ClN3O3/c1-4-34-21-29-31-28(22-6-12-25(13-7-22)35-19-5-18-32(2)3)20-33(29)24-10-16-27(17-11-24)36-26-14-8-23(30)9-15-26/h6-17,20H,4-5,18-19,21H2,1-3H3. The van der Waals surface area contributed by atoms with Crippen LogP contribution in [0.1, 0.15) is 19.2 Å².